The molecule has 0 aromatic carbocycles. The summed E-state index contributed by atoms with van der Waals surface area (Å²) in [6.07, 6.45) is 4.09. The van der Waals surface area contributed by atoms with Crippen molar-refractivity contribution in [2.75, 3.05) is 6.54 Å². The van der Waals surface area contributed by atoms with Crippen molar-refractivity contribution in [2.45, 2.75) is 85.9 Å². The quantitative estimate of drug-likeness (QED) is 0.440. The molecule has 0 radical (unpaired) electrons. The summed E-state index contributed by atoms with van der Waals surface area (Å²) in [6.45, 7) is 17.9. The molecule has 0 saturated carbocycles. The highest BCUT2D eigenvalue weighted by molar-refractivity contribution is 4.59. The van der Waals surface area contributed by atoms with E-state index in [-0.39, 0.29) is 0 Å². The van der Waals surface area contributed by atoms with Gasteiger partial charge in [0.2, 0.25) is 0 Å². The van der Waals surface area contributed by atoms with E-state index in [9.17, 15) is 0 Å². The molecule has 0 spiro atoms. The molecule has 0 heterocycles. The number of unbranched alkanes of at least 4 members (excludes halogenated alkanes) is 2. The van der Waals surface area contributed by atoms with Gasteiger partial charge in [0.05, 0.1) is 24.7 Å². The molecule has 0 atom stereocenters. The lowest BCUT2D eigenvalue weighted by Gasteiger charge is -2.49. The first-order chi connectivity index (χ1) is 6.89. The summed E-state index contributed by atoms with van der Waals surface area (Å²) in [5.74, 6) is 0. The third kappa shape index (κ3) is 3.48. The van der Waals surface area contributed by atoms with Gasteiger partial charge in [0.1, 0.15) is 0 Å². The van der Waals surface area contributed by atoms with Gasteiger partial charge in [-0.2, -0.15) is 0 Å². The minimum absolute atomic E-state index is 0.738. The molecule has 0 amide bonds. The summed E-state index contributed by atoms with van der Waals surface area (Å²) in [5, 5.41) is 0. The second-order valence-corrected chi connectivity index (χ2v) is 5.71. The van der Waals surface area contributed by atoms with E-state index in [2.05, 4.69) is 48.5 Å². The van der Waals surface area contributed by atoms with Crippen LogP contribution in [0.15, 0.2) is 0 Å². The Hall–Kier alpha value is -0.0400. The van der Waals surface area contributed by atoms with Gasteiger partial charge in [-0.05, 0) is 54.4 Å². The minimum Gasteiger partial charge on any atom is -0.318 e. The normalized spacial score (nSPS) is 13.2. The molecule has 0 rings (SSSR count). The fourth-order valence-corrected chi connectivity index (χ4v) is 3.20. The highest BCUT2D eigenvalue weighted by Crippen LogP contribution is 2.25. The largest absolute Gasteiger partial charge is 0.318 e. The zero-order valence-electron chi connectivity index (χ0n) is 12.0. The van der Waals surface area contributed by atoms with Crippen molar-refractivity contribution in [3.63, 3.8) is 0 Å². The van der Waals surface area contributed by atoms with Gasteiger partial charge in [0, 0.05) is 0 Å². The van der Waals surface area contributed by atoms with Crippen LogP contribution in [0.1, 0.15) is 67.7 Å². The van der Waals surface area contributed by atoms with Crippen molar-refractivity contribution in [1.82, 2.24) is 0 Å². The van der Waals surface area contributed by atoms with Crippen molar-refractivity contribution in [3.05, 3.63) is 0 Å². The molecular formula is C14H32N+. The molecule has 0 N–H and O–H groups in total. The van der Waals surface area contributed by atoms with E-state index in [1.165, 1.54) is 30.3 Å². The second kappa shape index (κ2) is 6.52. The Morgan fingerprint density at radius 3 is 1.40 bits per heavy atom. The zero-order valence-corrected chi connectivity index (χ0v) is 12.0. The van der Waals surface area contributed by atoms with Crippen LogP contribution in [0.4, 0.5) is 0 Å². The summed E-state index contributed by atoms with van der Waals surface area (Å²) >= 11 is 0. The van der Waals surface area contributed by atoms with Crippen molar-refractivity contribution in [3.8, 4) is 0 Å². The van der Waals surface area contributed by atoms with Gasteiger partial charge >= 0.3 is 0 Å². The van der Waals surface area contributed by atoms with E-state index in [4.69, 9.17) is 0 Å². The molecule has 92 valence electrons. The maximum absolute atomic E-state index is 2.38. The van der Waals surface area contributed by atoms with Crippen molar-refractivity contribution >= 4 is 0 Å². The molecule has 0 aromatic rings. The molecule has 0 saturated heterocycles. The van der Waals surface area contributed by atoms with Crippen molar-refractivity contribution in [1.29, 1.82) is 0 Å². The Labute approximate surface area is 97.5 Å². The Bertz CT molecular complexity index is 137. The Kier molecular flexibility index (Phi) is 6.51. The lowest BCUT2D eigenvalue weighted by atomic mass is 10.0. The second-order valence-electron chi connectivity index (χ2n) is 5.71. The summed E-state index contributed by atoms with van der Waals surface area (Å²) in [6, 6.07) is 2.21. The topological polar surface area (TPSA) is 0 Å². The first-order valence-corrected chi connectivity index (χ1v) is 6.76. The summed E-state index contributed by atoms with van der Waals surface area (Å²) in [4.78, 5) is 0. The lowest BCUT2D eigenvalue weighted by Crippen LogP contribution is -2.62. The lowest BCUT2D eigenvalue weighted by molar-refractivity contribution is -0.985. The van der Waals surface area contributed by atoms with Gasteiger partial charge in [-0.1, -0.05) is 13.3 Å². The number of nitrogens with zero attached hydrogens (tertiary/aromatic N) is 1. The molecule has 0 unspecified atom stereocenters. The zero-order chi connectivity index (χ0) is 12.1. The van der Waals surface area contributed by atoms with Gasteiger partial charge in [-0.25, -0.2) is 0 Å². The predicted molar refractivity (Wildman–Crippen MR) is 70.1 cm³/mol. The molecule has 0 bridgehead atoms. The van der Waals surface area contributed by atoms with Crippen LogP contribution in [-0.4, -0.2) is 29.2 Å². The Balaban J connectivity index is 4.65. The summed E-state index contributed by atoms with van der Waals surface area (Å²) in [7, 11) is 0. The van der Waals surface area contributed by atoms with Gasteiger partial charge < -0.3 is 4.48 Å². The smallest absolute Gasteiger partial charge is 0.0837 e. The first kappa shape index (κ1) is 15.0. The minimum atomic E-state index is 0.738. The van der Waals surface area contributed by atoms with Gasteiger partial charge in [0.15, 0.2) is 0 Å². The standard InChI is InChI=1S/C14H32N/c1-8-9-10-11-15(12(2)3,13(4)5)14(6)7/h12-14H,8-11H2,1-7H3/q+1. The van der Waals surface area contributed by atoms with Gasteiger partial charge in [-0.3, -0.25) is 0 Å². The summed E-state index contributed by atoms with van der Waals surface area (Å²) < 4.78 is 1.28. The van der Waals surface area contributed by atoms with Crippen LogP contribution in [0.5, 0.6) is 0 Å². The van der Waals surface area contributed by atoms with E-state index in [1.54, 1.807) is 0 Å². The number of hydrogen-bond donors (Lipinski definition) is 0. The molecule has 0 fully saturated rings. The van der Waals surface area contributed by atoms with Crippen molar-refractivity contribution in [2.24, 2.45) is 0 Å². The number of rotatable bonds is 7. The molecule has 0 aliphatic carbocycles. The molecule has 1 nitrogen and oxygen atoms in total. The van der Waals surface area contributed by atoms with Crippen LogP contribution in [0.2, 0.25) is 0 Å². The predicted octanol–water partition coefficient (Wildman–Crippen LogP) is 4.22. The average Bonchev–Trinajstić information content (AvgIpc) is 2.10. The highest BCUT2D eigenvalue weighted by atomic mass is 15.4. The maximum Gasteiger partial charge on any atom is 0.0837 e. The SMILES string of the molecule is CCCCC[N+](C(C)C)(C(C)C)C(C)C. The first-order valence-electron chi connectivity index (χ1n) is 6.76. The van der Waals surface area contributed by atoms with Crippen LogP contribution in [0.3, 0.4) is 0 Å². The average molecular weight is 214 g/mol. The molecule has 15 heavy (non-hydrogen) atoms. The Morgan fingerprint density at radius 1 is 0.733 bits per heavy atom. The molecular weight excluding hydrogens is 182 g/mol. The van der Waals surface area contributed by atoms with Crippen LogP contribution in [0, 0.1) is 0 Å². The monoisotopic (exact) mass is 214 g/mol. The fraction of sp³-hybridized carbons (Fsp3) is 1.00. The maximum atomic E-state index is 2.38. The highest BCUT2D eigenvalue weighted by Gasteiger charge is 2.36. The third-order valence-electron chi connectivity index (χ3n) is 4.03. The molecule has 0 aliphatic rings. The molecule has 0 aliphatic heterocycles. The van der Waals surface area contributed by atoms with E-state index in [0.717, 1.165) is 18.1 Å². The van der Waals surface area contributed by atoms with Crippen molar-refractivity contribution < 1.29 is 4.48 Å². The molecule has 1 heteroatoms. The van der Waals surface area contributed by atoms with Crippen LogP contribution in [0.25, 0.3) is 0 Å². The van der Waals surface area contributed by atoms with E-state index in [0.29, 0.717) is 0 Å². The van der Waals surface area contributed by atoms with Crippen LogP contribution >= 0.6 is 0 Å². The number of hydrogen-bond acceptors (Lipinski definition) is 0. The number of quaternary nitrogens is 1. The van der Waals surface area contributed by atoms with Gasteiger partial charge in [-0.15, -0.1) is 0 Å². The summed E-state index contributed by atoms with van der Waals surface area (Å²) in [5.41, 5.74) is 0. The fourth-order valence-electron chi connectivity index (χ4n) is 3.20. The van der Waals surface area contributed by atoms with Crippen LogP contribution in [-0.2, 0) is 0 Å². The van der Waals surface area contributed by atoms with Gasteiger partial charge in [0.25, 0.3) is 0 Å². The van der Waals surface area contributed by atoms with E-state index in [1.807, 2.05) is 0 Å². The van der Waals surface area contributed by atoms with E-state index < -0.39 is 0 Å². The third-order valence-corrected chi connectivity index (χ3v) is 4.03. The Morgan fingerprint density at radius 2 is 1.13 bits per heavy atom. The molecule has 0 aromatic heterocycles. The van der Waals surface area contributed by atoms with Crippen LogP contribution < -0.4 is 0 Å². The van der Waals surface area contributed by atoms with E-state index >= 15 is 0 Å².